The summed E-state index contributed by atoms with van der Waals surface area (Å²) in [5.74, 6) is -3.85. The van der Waals surface area contributed by atoms with E-state index in [0.29, 0.717) is 32.5 Å². The van der Waals surface area contributed by atoms with Gasteiger partial charge in [-0.2, -0.15) is 0 Å². The number of carboxylic acids is 1. The summed E-state index contributed by atoms with van der Waals surface area (Å²) < 4.78 is 10.1. The van der Waals surface area contributed by atoms with Gasteiger partial charge in [-0.1, -0.05) is 13.8 Å². The maximum Gasteiger partial charge on any atom is 0.309 e. The highest BCUT2D eigenvalue weighted by Gasteiger charge is 2.42. The van der Waals surface area contributed by atoms with E-state index in [9.17, 15) is 19.5 Å². The van der Waals surface area contributed by atoms with Crippen LogP contribution < -0.4 is 0 Å². The zero-order valence-electron chi connectivity index (χ0n) is 12.7. The molecule has 6 nitrogen and oxygen atoms in total. The first kappa shape index (κ1) is 17.5. The van der Waals surface area contributed by atoms with E-state index in [1.54, 1.807) is 0 Å². The fourth-order valence-corrected chi connectivity index (χ4v) is 2.57. The molecule has 21 heavy (non-hydrogen) atoms. The second-order valence-corrected chi connectivity index (χ2v) is 5.40. The number of carbonyl (C=O) groups is 3. The zero-order chi connectivity index (χ0) is 15.8. The molecule has 1 aliphatic rings. The molecule has 0 bridgehead atoms. The second kappa shape index (κ2) is 8.64. The van der Waals surface area contributed by atoms with Gasteiger partial charge < -0.3 is 14.6 Å². The molecule has 0 aromatic heterocycles. The van der Waals surface area contributed by atoms with E-state index < -0.39 is 29.7 Å². The van der Waals surface area contributed by atoms with Crippen LogP contribution in [-0.2, 0) is 23.9 Å². The van der Waals surface area contributed by atoms with E-state index in [0.717, 1.165) is 6.42 Å². The number of rotatable bonds is 7. The van der Waals surface area contributed by atoms with Gasteiger partial charge in [0.25, 0.3) is 0 Å². The molecule has 0 amide bonds. The van der Waals surface area contributed by atoms with Gasteiger partial charge in [0.05, 0.1) is 31.0 Å². The quantitative estimate of drug-likeness (QED) is 0.723. The molecule has 0 aromatic carbocycles. The van der Waals surface area contributed by atoms with Crippen molar-refractivity contribution in [1.82, 2.24) is 0 Å². The van der Waals surface area contributed by atoms with Crippen molar-refractivity contribution in [1.29, 1.82) is 0 Å². The fraction of sp³-hybridized carbons (Fsp3) is 0.800. The zero-order valence-corrected chi connectivity index (χ0v) is 12.7. The average molecular weight is 300 g/mol. The molecule has 3 atom stereocenters. The Morgan fingerprint density at radius 2 is 1.52 bits per heavy atom. The van der Waals surface area contributed by atoms with Gasteiger partial charge in [-0.3, -0.25) is 14.4 Å². The van der Waals surface area contributed by atoms with Crippen molar-refractivity contribution in [3.63, 3.8) is 0 Å². The Bertz CT molecular complexity index is 378. The van der Waals surface area contributed by atoms with Gasteiger partial charge in [0, 0.05) is 0 Å². The second-order valence-electron chi connectivity index (χ2n) is 5.40. The largest absolute Gasteiger partial charge is 0.481 e. The van der Waals surface area contributed by atoms with Crippen LogP contribution >= 0.6 is 0 Å². The molecule has 0 heterocycles. The van der Waals surface area contributed by atoms with Crippen LogP contribution in [0.25, 0.3) is 0 Å². The minimum atomic E-state index is -1.05. The van der Waals surface area contributed by atoms with E-state index in [-0.39, 0.29) is 12.4 Å². The molecule has 1 fully saturated rings. The van der Waals surface area contributed by atoms with E-state index in [4.69, 9.17) is 9.47 Å². The number of aliphatic carboxylic acids is 1. The fourth-order valence-electron chi connectivity index (χ4n) is 2.57. The SMILES string of the molecule is CCCOC(=O)C1CCC(C(=O)OCCC)C(C(=O)O)C1. The Kier molecular flexibility index (Phi) is 7.19. The molecule has 120 valence electrons. The molecule has 1 saturated carbocycles. The Balaban J connectivity index is 2.65. The molecule has 1 aliphatic carbocycles. The molecular weight excluding hydrogens is 276 g/mol. The molecule has 1 N–H and O–H groups in total. The summed E-state index contributed by atoms with van der Waals surface area (Å²) in [6.07, 6.45) is 2.39. The summed E-state index contributed by atoms with van der Waals surface area (Å²) in [5.41, 5.74) is 0. The number of hydrogen-bond donors (Lipinski definition) is 1. The minimum absolute atomic E-state index is 0.143. The summed E-state index contributed by atoms with van der Waals surface area (Å²) in [6, 6.07) is 0. The molecule has 0 radical (unpaired) electrons. The summed E-state index contributed by atoms with van der Waals surface area (Å²) in [5, 5.41) is 9.30. The molecule has 0 aliphatic heterocycles. The van der Waals surface area contributed by atoms with Crippen molar-refractivity contribution in [3.8, 4) is 0 Å². The number of hydrogen-bond acceptors (Lipinski definition) is 5. The normalized spacial score (nSPS) is 25.1. The minimum Gasteiger partial charge on any atom is -0.481 e. The first-order chi connectivity index (χ1) is 10.0. The predicted octanol–water partition coefficient (Wildman–Crippen LogP) is 2.01. The highest BCUT2D eigenvalue weighted by molar-refractivity contribution is 5.83. The van der Waals surface area contributed by atoms with Crippen LogP contribution in [0.2, 0.25) is 0 Å². The van der Waals surface area contributed by atoms with Crippen LogP contribution in [0, 0.1) is 17.8 Å². The Hall–Kier alpha value is -1.59. The lowest BCUT2D eigenvalue weighted by atomic mass is 9.74. The number of carbonyl (C=O) groups excluding carboxylic acids is 2. The highest BCUT2D eigenvalue weighted by Crippen LogP contribution is 2.35. The summed E-state index contributed by atoms with van der Waals surface area (Å²) in [7, 11) is 0. The maximum absolute atomic E-state index is 11.9. The third-order valence-corrected chi connectivity index (χ3v) is 3.70. The van der Waals surface area contributed by atoms with Crippen LogP contribution in [-0.4, -0.2) is 36.2 Å². The van der Waals surface area contributed by atoms with Gasteiger partial charge in [0.1, 0.15) is 0 Å². The molecule has 0 saturated heterocycles. The van der Waals surface area contributed by atoms with E-state index >= 15 is 0 Å². The van der Waals surface area contributed by atoms with Crippen molar-refractivity contribution in [2.24, 2.45) is 17.8 Å². The molecule has 0 spiro atoms. The van der Waals surface area contributed by atoms with Crippen LogP contribution in [0.1, 0.15) is 46.0 Å². The van der Waals surface area contributed by atoms with E-state index in [1.807, 2.05) is 13.8 Å². The Morgan fingerprint density at radius 3 is 2.05 bits per heavy atom. The Morgan fingerprint density at radius 1 is 0.952 bits per heavy atom. The molecule has 6 heteroatoms. The summed E-state index contributed by atoms with van der Waals surface area (Å²) in [4.78, 5) is 35.1. The number of ether oxygens (including phenoxy) is 2. The van der Waals surface area contributed by atoms with Crippen molar-refractivity contribution < 1.29 is 29.0 Å². The maximum atomic E-state index is 11.9. The van der Waals surface area contributed by atoms with Gasteiger partial charge in [-0.25, -0.2) is 0 Å². The van der Waals surface area contributed by atoms with E-state index in [1.165, 1.54) is 0 Å². The third-order valence-electron chi connectivity index (χ3n) is 3.70. The van der Waals surface area contributed by atoms with Gasteiger partial charge >= 0.3 is 17.9 Å². The number of carboxylic acid groups (broad SMARTS) is 1. The van der Waals surface area contributed by atoms with Crippen molar-refractivity contribution in [2.45, 2.75) is 46.0 Å². The lowest BCUT2D eigenvalue weighted by molar-refractivity contribution is -0.164. The molecule has 3 unspecified atom stereocenters. The lowest BCUT2D eigenvalue weighted by Crippen LogP contribution is -2.39. The molecular formula is C15H24O6. The van der Waals surface area contributed by atoms with Crippen molar-refractivity contribution >= 4 is 17.9 Å². The third kappa shape index (κ3) is 5.02. The van der Waals surface area contributed by atoms with Crippen LogP contribution in [0.3, 0.4) is 0 Å². The molecule has 0 aromatic rings. The number of esters is 2. The first-order valence-electron chi connectivity index (χ1n) is 7.57. The average Bonchev–Trinajstić information content (AvgIpc) is 2.49. The predicted molar refractivity (Wildman–Crippen MR) is 74.5 cm³/mol. The van der Waals surface area contributed by atoms with Gasteiger partial charge in [0.2, 0.25) is 0 Å². The standard InChI is InChI=1S/C15H24O6/c1-3-7-20-14(18)10-5-6-11(12(9-10)13(16)17)15(19)21-8-4-2/h10-12H,3-9H2,1-2H3,(H,16,17). The van der Waals surface area contributed by atoms with E-state index in [2.05, 4.69) is 0 Å². The summed E-state index contributed by atoms with van der Waals surface area (Å²) in [6.45, 7) is 4.41. The summed E-state index contributed by atoms with van der Waals surface area (Å²) >= 11 is 0. The van der Waals surface area contributed by atoms with Crippen molar-refractivity contribution in [3.05, 3.63) is 0 Å². The first-order valence-corrected chi connectivity index (χ1v) is 7.57. The van der Waals surface area contributed by atoms with Gasteiger partial charge in [0.15, 0.2) is 0 Å². The van der Waals surface area contributed by atoms with Crippen LogP contribution in [0.5, 0.6) is 0 Å². The van der Waals surface area contributed by atoms with Crippen LogP contribution in [0.4, 0.5) is 0 Å². The monoisotopic (exact) mass is 300 g/mol. The lowest BCUT2D eigenvalue weighted by Gasteiger charge is -2.31. The van der Waals surface area contributed by atoms with Crippen LogP contribution in [0.15, 0.2) is 0 Å². The topological polar surface area (TPSA) is 89.9 Å². The Labute approximate surface area is 124 Å². The molecule has 1 rings (SSSR count). The van der Waals surface area contributed by atoms with Crippen molar-refractivity contribution in [2.75, 3.05) is 13.2 Å². The smallest absolute Gasteiger partial charge is 0.309 e. The highest BCUT2D eigenvalue weighted by atomic mass is 16.5. The van der Waals surface area contributed by atoms with Gasteiger partial charge in [-0.15, -0.1) is 0 Å². The van der Waals surface area contributed by atoms with Gasteiger partial charge in [-0.05, 0) is 32.1 Å².